The molecule has 0 aromatic heterocycles. The van der Waals surface area contributed by atoms with E-state index in [9.17, 15) is 9.59 Å². The molecule has 0 aliphatic heterocycles. The van der Waals surface area contributed by atoms with E-state index >= 15 is 0 Å². The molecular formula is C19H39N5O4. The number of alkyl carbamates (subject to hydrolysis) is 2. The van der Waals surface area contributed by atoms with Crippen LogP contribution in [0, 0.1) is 0 Å². The van der Waals surface area contributed by atoms with Crippen LogP contribution in [0.25, 0.3) is 0 Å². The van der Waals surface area contributed by atoms with Gasteiger partial charge in [-0.2, -0.15) is 0 Å². The molecule has 0 saturated heterocycles. The summed E-state index contributed by atoms with van der Waals surface area (Å²) in [6, 6.07) is 0. The van der Waals surface area contributed by atoms with Crippen LogP contribution >= 0.6 is 0 Å². The third-order valence-corrected chi connectivity index (χ3v) is 3.07. The van der Waals surface area contributed by atoms with Gasteiger partial charge in [0.1, 0.15) is 11.2 Å². The molecule has 0 aromatic carbocycles. The molecule has 28 heavy (non-hydrogen) atoms. The smallest absolute Gasteiger partial charge is 0.408 e. The minimum Gasteiger partial charge on any atom is -0.444 e. The van der Waals surface area contributed by atoms with E-state index in [1.54, 1.807) is 7.05 Å². The number of aliphatic imine (C=N–C) groups is 1. The highest BCUT2D eigenvalue weighted by atomic mass is 16.6. The Morgan fingerprint density at radius 1 is 0.786 bits per heavy atom. The van der Waals surface area contributed by atoms with Crippen LogP contribution in [0.5, 0.6) is 0 Å². The summed E-state index contributed by atoms with van der Waals surface area (Å²) < 4.78 is 10.5. The van der Waals surface area contributed by atoms with Gasteiger partial charge in [0.05, 0.1) is 5.54 Å². The molecule has 0 aliphatic carbocycles. The Labute approximate surface area is 169 Å². The molecule has 0 spiro atoms. The molecule has 4 N–H and O–H groups in total. The lowest BCUT2D eigenvalue weighted by Crippen LogP contribution is -2.54. The monoisotopic (exact) mass is 401 g/mol. The van der Waals surface area contributed by atoms with Crippen molar-refractivity contribution < 1.29 is 19.1 Å². The minimum atomic E-state index is -0.543. The fourth-order valence-corrected chi connectivity index (χ4v) is 1.95. The molecule has 0 radical (unpaired) electrons. The molecule has 0 rings (SSSR count). The molecule has 0 aliphatic rings. The molecule has 0 fully saturated rings. The topological polar surface area (TPSA) is 113 Å². The Kier molecular flexibility index (Phi) is 10.1. The van der Waals surface area contributed by atoms with Crippen molar-refractivity contribution in [2.45, 2.75) is 78.6 Å². The van der Waals surface area contributed by atoms with Gasteiger partial charge in [-0.05, 0) is 61.8 Å². The molecule has 0 saturated carbocycles. The van der Waals surface area contributed by atoms with Gasteiger partial charge in [0.25, 0.3) is 0 Å². The zero-order valence-electron chi connectivity index (χ0n) is 18.9. The number of hydrogen-bond donors (Lipinski definition) is 4. The summed E-state index contributed by atoms with van der Waals surface area (Å²) in [4.78, 5) is 27.6. The average Bonchev–Trinajstić information content (AvgIpc) is 2.45. The van der Waals surface area contributed by atoms with E-state index in [-0.39, 0.29) is 0 Å². The summed E-state index contributed by atoms with van der Waals surface area (Å²) in [5, 5.41) is 11.9. The number of carbonyl (C=O) groups is 2. The Hall–Kier alpha value is -2.19. The lowest BCUT2D eigenvalue weighted by atomic mass is 10.1. The Balaban J connectivity index is 4.15. The van der Waals surface area contributed by atoms with Gasteiger partial charge in [0, 0.05) is 26.7 Å². The summed E-state index contributed by atoms with van der Waals surface area (Å²) in [5.74, 6) is 0.608. The van der Waals surface area contributed by atoms with Gasteiger partial charge in [-0.1, -0.05) is 0 Å². The van der Waals surface area contributed by atoms with Gasteiger partial charge in [-0.15, -0.1) is 0 Å². The Morgan fingerprint density at radius 2 is 1.29 bits per heavy atom. The van der Waals surface area contributed by atoms with Crippen molar-refractivity contribution in [1.82, 2.24) is 21.3 Å². The van der Waals surface area contributed by atoms with E-state index in [0.717, 1.165) is 0 Å². The second-order valence-electron chi connectivity index (χ2n) is 9.15. The number of nitrogens with zero attached hydrogens (tertiary/aromatic N) is 1. The minimum absolute atomic E-state index is 0.426. The van der Waals surface area contributed by atoms with Gasteiger partial charge in [0.15, 0.2) is 5.96 Å². The number of carbonyl (C=O) groups excluding carboxylic acids is 2. The number of rotatable bonds is 7. The molecule has 0 atom stereocenters. The molecule has 9 nitrogen and oxygen atoms in total. The fraction of sp³-hybridized carbons (Fsp3) is 0.842. The van der Waals surface area contributed by atoms with Gasteiger partial charge < -0.3 is 30.7 Å². The van der Waals surface area contributed by atoms with Gasteiger partial charge >= 0.3 is 12.2 Å². The predicted octanol–water partition coefficient (Wildman–Crippen LogP) is 2.37. The van der Waals surface area contributed by atoms with E-state index in [1.807, 2.05) is 55.4 Å². The summed E-state index contributed by atoms with van der Waals surface area (Å²) in [6.45, 7) is 16.3. The van der Waals surface area contributed by atoms with Gasteiger partial charge in [-0.25, -0.2) is 9.59 Å². The first-order valence-electron chi connectivity index (χ1n) is 9.56. The van der Waals surface area contributed by atoms with Crippen LogP contribution in [0.15, 0.2) is 4.99 Å². The summed E-state index contributed by atoms with van der Waals surface area (Å²) in [6.07, 6.45) is -0.181. The maximum atomic E-state index is 11.9. The lowest BCUT2D eigenvalue weighted by molar-refractivity contribution is 0.0471. The molecule has 2 amide bonds. The average molecular weight is 402 g/mol. The van der Waals surface area contributed by atoms with Gasteiger partial charge in [0.2, 0.25) is 0 Å². The van der Waals surface area contributed by atoms with E-state index in [4.69, 9.17) is 9.47 Å². The highest BCUT2D eigenvalue weighted by molar-refractivity contribution is 5.79. The van der Waals surface area contributed by atoms with E-state index < -0.39 is 28.9 Å². The molecular weight excluding hydrogens is 362 g/mol. The SMILES string of the molecule is CN=C(NCCCNC(=O)OC(C)(C)C)NCC(C)(C)NC(=O)OC(C)(C)C. The third-order valence-electron chi connectivity index (χ3n) is 3.07. The number of amides is 2. The van der Waals surface area contributed by atoms with Crippen molar-refractivity contribution >= 4 is 18.1 Å². The molecule has 0 aromatic rings. The predicted molar refractivity (Wildman–Crippen MR) is 112 cm³/mol. The highest BCUT2D eigenvalue weighted by Gasteiger charge is 2.24. The first kappa shape index (κ1) is 25.8. The van der Waals surface area contributed by atoms with Gasteiger partial charge in [-0.3, -0.25) is 4.99 Å². The normalized spacial score (nSPS) is 12.8. The Bertz CT molecular complexity index is 533. The van der Waals surface area contributed by atoms with Crippen LogP contribution < -0.4 is 21.3 Å². The highest BCUT2D eigenvalue weighted by Crippen LogP contribution is 2.09. The van der Waals surface area contributed by atoms with E-state index in [0.29, 0.717) is 32.0 Å². The van der Waals surface area contributed by atoms with Crippen LogP contribution in [0.2, 0.25) is 0 Å². The molecule has 0 heterocycles. The standard InChI is InChI=1S/C19H39N5O4/c1-17(2,3)27-15(25)22-12-10-11-21-14(20-9)23-13-19(7,8)24-16(26)28-18(4,5)6/h10-13H2,1-9H3,(H,22,25)(H,24,26)(H2,20,21,23). The summed E-state index contributed by atoms with van der Waals surface area (Å²) >= 11 is 0. The van der Waals surface area contributed by atoms with Crippen LogP contribution in [0.4, 0.5) is 9.59 Å². The zero-order chi connectivity index (χ0) is 22.0. The van der Waals surface area contributed by atoms with Crippen molar-refractivity contribution in [1.29, 1.82) is 0 Å². The second kappa shape index (κ2) is 11.0. The molecule has 0 bridgehead atoms. The van der Waals surface area contributed by atoms with Crippen molar-refractivity contribution in [3.05, 3.63) is 0 Å². The van der Waals surface area contributed by atoms with Crippen molar-refractivity contribution in [3.8, 4) is 0 Å². The summed E-state index contributed by atoms with van der Waals surface area (Å²) in [5.41, 5.74) is -1.58. The Morgan fingerprint density at radius 3 is 1.79 bits per heavy atom. The molecule has 0 unspecified atom stereocenters. The fourth-order valence-electron chi connectivity index (χ4n) is 1.95. The largest absolute Gasteiger partial charge is 0.444 e. The van der Waals surface area contributed by atoms with Crippen molar-refractivity contribution in [2.24, 2.45) is 4.99 Å². The van der Waals surface area contributed by atoms with Crippen LogP contribution in [-0.2, 0) is 9.47 Å². The number of ether oxygens (including phenoxy) is 2. The maximum absolute atomic E-state index is 11.9. The number of guanidine groups is 1. The first-order chi connectivity index (χ1) is 12.6. The van der Waals surface area contributed by atoms with Crippen molar-refractivity contribution in [2.75, 3.05) is 26.7 Å². The number of hydrogen-bond acceptors (Lipinski definition) is 5. The molecule has 164 valence electrons. The van der Waals surface area contributed by atoms with E-state index in [1.165, 1.54) is 0 Å². The quantitative estimate of drug-likeness (QED) is 0.296. The van der Waals surface area contributed by atoms with Crippen LogP contribution in [-0.4, -0.2) is 61.6 Å². The summed E-state index contributed by atoms with van der Waals surface area (Å²) in [7, 11) is 1.67. The van der Waals surface area contributed by atoms with Crippen LogP contribution in [0.3, 0.4) is 0 Å². The van der Waals surface area contributed by atoms with Crippen molar-refractivity contribution in [3.63, 3.8) is 0 Å². The van der Waals surface area contributed by atoms with Crippen LogP contribution in [0.1, 0.15) is 61.8 Å². The van der Waals surface area contributed by atoms with E-state index in [2.05, 4.69) is 26.3 Å². The lowest BCUT2D eigenvalue weighted by Gasteiger charge is -2.29. The number of nitrogens with one attached hydrogen (secondary N) is 4. The molecule has 9 heteroatoms. The first-order valence-corrected chi connectivity index (χ1v) is 9.56. The second-order valence-corrected chi connectivity index (χ2v) is 9.15. The maximum Gasteiger partial charge on any atom is 0.408 e. The zero-order valence-corrected chi connectivity index (χ0v) is 18.9. The third kappa shape index (κ3) is 14.9.